The van der Waals surface area contributed by atoms with Gasteiger partial charge in [-0.1, -0.05) is 88.6 Å². The molecule has 0 aliphatic carbocycles. The Morgan fingerprint density at radius 1 is 0.594 bits per heavy atom. The van der Waals surface area contributed by atoms with Crippen LogP contribution in [0.5, 0.6) is 0 Å². The summed E-state index contributed by atoms with van der Waals surface area (Å²) in [5.41, 5.74) is 6.84. The fourth-order valence-corrected chi connectivity index (χ4v) is 9.62. The third kappa shape index (κ3) is 5.58. The van der Waals surface area contributed by atoms with E-state index >= 15 is 0 Å². The first-order valence-corrected chi connectivity index (χ1v) is 12.6. The molecule has 0 bridgehead atoms. The number of halogens is 3. The molecular formula is C27H32Cl3SiTi-. The van der Waals surface area contributed by atoms with Crippen molar-refractivity contribution in [2.45, 2.75) is 41.2 Å². The van der Waals surface area contributed by atoms with Gasteiger partial charge in [0.05, 0.1) is 0 Å². The Morgan fingerprint density at radius 2 is 1.00 bits per heavy atom. The zero-order valence-corrected chi connectivity index (χ0v) is 24.6. The fourth-order valence-electron chi connectivity index (χ4n) is 5.01. The molecular weight excluding hydrogens is 507 g/mol. The molecule has 4 aromatic rings. The van der Waals surface area contributed by atoms with Gasteiger partial charge in [-0.15, -0.1) is 76.9 Å². The van der Waals surface area contributed by atoms with Gasteiger partial charge in [0.25, 0.3) is 0 Å². The number of hydrogen-bond acceptors (Lipinski definition) is 0. The maximum absolute atomic E-state index is 2.55. The van der Waals surface area contributed by atoms with E-state index in [2.05, 4.69) is 108 Å². The van der Waals surface area contributed by atoms with Crippen molar-refractivity contribution in [3.63, 3.8) is 0 Å². The summed E-state index contributed by atoms with van der Waals surface area (Å²) >= 11 is 0. The largest absolute Gasteiger partial charge is 0.165 e. The van der Waals surface area contributed by atoms with E-state index in [1.54, 1.807) is 5.19 Å². The second kappa shape index (κ2) is 12.0. The molecule has 0 spiro atoms. The van der Waals surface area contributed by atoms with Gasteiger partial charge in [-0.25, -0.2) is 0 Å². The topological polar surface area (TPSA) is 0 Å². The molecule has 4 aromatic carbocycles. The minimum absolute atomic E-state index is 0. The van der Waals surface area contributed by atoms with Crippen LogP contribution < -0.4 is 15.6 Å². The van der Waals surface area contributed by atoms with Gasteiger partial charge < -0.3 is 0 Å². The molecule has 170 valence electrons. The molecule has 0 aromatic heterocycles. The zero-order chi connectivity index (χ0) is 20.1. The van der Waals surface area contributed by atoms with Crippen molar-refractivity contribution in [3.05, 3.63) is 94.5 Å². The van der Waals surface area contributed by atoms with Crippen LogP contribution in [0.2, 0.25) is 6.55 Å². The van der Waals surface area contributed by atoms with E-state index in [4.69, 9.17) is 0 Å². The van der Waals surface area contributed by atoms with Crippen molar-refractivity contribution < 1.29 is 21.7 Å². The fraction of sp³-hybridized carbons (Fsp3) is 0.222. The number of aryl methyl sites for hydroxylation is 5. The molecule has 0 saturated heterocycles. The first-order valence-electron chi connectivity index (χ1n) is 10.1. The molecule has 0 aliphatic rings. The molecule has 0 unspecified atom stereocenters. The standard InChI is InChI=1S/C27H29Si.3ClH.Ti/c1-18-11-19(2)14-24(13-18)28(6,25-15-20(3)12-21(4)16-25)27-22(5)17-23-9-7-8-10-26(23)27;;;;/h7-17H,1-6H3;3*1H;/q-1;;;;. The summed E-state index contributed by atoms with van der Waals surface area (Å²) in [6.45, 7) is 13.7. The third-order valence-electron chi connectivity index (χ3n) is 6.09. The molecule has 0 nitrogen and oxygen atoms in total. The minimum Gasteiger partial charge on any atom is -0.165 e. The second-order valence-corrected chi connectivity index (χ2v) is 12.6. The number of rotatable bonds is 3. The molecule has 0 radical (unpaired) electrons. The van der Waals surface area contributed by atoms with Crippen molar-refractivity contribution in [2.75, 3.05) is 0 Å². The Hall–Kier alpha value is -0.929. The van der Waals surface area contributed by atoms with E-state index in [1.807, 2.05) is 0 Å². The molecule has 0 atom stereocenters. The summed E-state index contributed by atoms with van der Waals surface area (Å²) in [7, 11) is -2.16. The van der Waals surface area contributed by atoms with Crippen molar-refractivity contribution in [1.29, 1.82) is 0 Å². The maximum atomic E-state index is 2.55. The average molecular weight is 539 g/mol. The monoisotopic (exact) mass is 537 g/mol. The molecule has 5 heteroatoms. The Labute approximate surface area is 227 Å². The zero-order valence-electron chi connectivity index (χ0n) is 19.6. The van der Waals surface area contributed by atoms with Crippen LogP contribution >= 0.6 is 37.2 Å². The molecule has 32 heavy (non-hydrogen) atoms. The normalized spacial score (nSPS) is 10.4. The summed E-state index contributed by atoms with van der Waals surface area (Å²) in [5.74, 6) is 0. The Morgan fingerprint density at radius 3 is 1.44 bits per heavy atom. The van der Waals surface area contributed by atoms with Crippen LogP contribution in [-0.4, -0.2) is 8.07 Å². The Kier molecular flexibility index (Phi) is 11.6. The van der Waals surface area contributed by atoms with Gasteiger partial charge in [-0.2, -0.15) is 6.07 Å². The Balaban J connectivity index is 0.00000240. The first-order chi connectivity index (χ1) is 13.3. The van der Waals surface area contributed by atoms with Crippen molar-refractivity contribution >= 4 is 71.6 Å². The summed E-state index contributed by atoms with van der Waals surface area (Å²) in [6.07, 6.45) is 0. The van der Waals surface area contributed by atoms with Crippen LogP contribution in [0.15, 0.2) is 66.7 Å². The van der Waals surface area contributed by atoms with Gasteiger partial charge >= 0.3 is 0 Å². The van der Waals surface area contributed by atoms with Crippen molar-refractivity contribution in [3.8, 4) is 0 Å². The number of benzene rings is 3. The van der Waals surface area contributed by atoms with E-state index in [0.29, 0.717) is 0 Å². The van der Waals surface area contributed by atoms with Crippen LogP contribution in [0.1, 0.15) is 27.8 Å². The van der Waals surface area contributed by atoms with E-state index in [1.165, 1.54) is 49.0 Å². The summed E-state index contributed by atoms with van der Waals surface area (Å²) in [6, 6.07) is 25.6. The van der Waals surface area contributed by atoms with Gasteiger partial charge in [0.1, 0.15) is 8.07 Å². The predicted octanol–water partition coefficient (Wildman–Crippen LogP) is 6.46. The number of fused-ring (bicyclic) bond motifs is 1. The van der Waals surface area contributed by atoms with E-state index in [-0.39, 0.29) is 58.9 Å². The quantitative estimate of drug-likeness (QED) is 0.207. The average Bonchev–Trinajstić information content (AvgIpc) is 2.95. The van der Waals surface area contributed by atoms with Gasteiger partial charge in [0.15, 0.2) is 0 Å². The van der Waals surface area contributed by atoms with Crippen molar-refractivity contribution in [2.24, 2.45) is 0 Å². The SMILES string of the molecule is Cc1cc(C)cc([Si](C)(c2cc(C)cc(C)c2)[c-]2c(C)cc3ccccc32)c1.Cl.Cl.Cl.[Ti]. The van der Waals surface area contributed by atoms with Gasteiger partial charge in [-0.3, -0.25) is 0 Å². The summed E-state index contributed by atoms with van der Waals surface area (Å²) in [4.78, 5) is 0. The van der Waals surface area contributed by atoms with Gasteiger partial charge in [0.2, 0.25) is 0 Å². The molecule has 0 aliphatic heterocycles. The van der Waals surface area contributed by atoms with Crippen LogP contribution in [0.25, 0.3) is 10.8 Å². The van der Waals surface area contributed by atoms with E-state index in [9.17, 15) is 0 Å². The van der Waals surface area contributed by atoms with Gasteiger partial charge in [-0.05, 0) is 27.7 Å². The van der Waals surface area contributed by atoms with E-state index < -0.39 is 8.07 Å². The second-order valence-electron chi connectivity index (χ2n) is 8.67. The smallest absolute Gasteiger partial charge is 0.101 e. The van der Waals surface area contributed by atoms with Gasteiger partial charge in [0, 0.05) is 21.7 Å². The summed E-state index contributed by atoms with van der Waals surface area (Å²) in [5, 5.41) is 7.37. The van der Waals surface area contributed by atoms with Crippen molar-refractivity contribution in [1.82, 2.24) is 0 Å². The van der Waals surface area contributed by atoms with Crippen LogP contribution in [0.3, 0.4) is 0 Å². The number of hydrogen-bond donors (Lipinski definition) is 0. The Bertz CT molecular complexity index is 1100. The minimum atomic E-state index is -2.16. The molecule has 0 amide bonds. The van der Waals surface area contributed by atoms with Crippen LogP contribution in [0.4, 0.5) is 0 Å². The maximum Gasteiger partial charge on any atom is 0.101 e. The van der Waals surface area contributed by atoms with E-state index in [0.717, 1.165) is 0 Å². The first kappa shape index (κ1) is 31.1. The predicted molar refractivity (Wildman–Crippen MR) is 148 cm³/mol. The summed E-state index contributed by atoms with van der Waals surface area (Å²) < 4.78 is 0. The third-order valence-corrected chi connectivity index (χ3v) is 10.6. The molecule has 0 fully saturated rings. The van der Waals surface area contributed by atoms with Crippen LogP contribution in [0, 0.1) is 34.6 Å². The molecule has 0 N–H and O–H groups in total. The van der Waals surface area contributed by atoms with Crippen LogP contribution in [-0.2, 0) is 21.7 Å². The molecule has 0 saturated carbocycles. The molecule has 4 rings (SSSR count). The molecule has 0 heterocycles.